The molecule has 0 bridgehead atoms. The standard InChI is InChI=1S/C24H28N6O4S/c1-16(2)34-13-12-30-23-21(28-22(24(30)31)26-11-10-18-14-25-15-27-18)9-8-20(29-23)17-4-6-19(7-5-17)35(3,32)33/h4-9,14-16H,10-13H2,1-3H3,(H,25,27)(H,26,28). The summed E-state index contributed by atoms with van der Waals surface area (Å²) < 4.78 is 30.8. The molecule has 3 heterocycles. The molecule has 11 heteroatoms. The van der Waals surface area contributed by atoms with Gasteiger partial charge < -0.3 is 15.0 Å². The number of imidazole rings is 1. The topological polar surface area (TPSA) is 132 Å². The number of ether oxygens (including phenoxy) is 1. The Bertz CT molecular complexity index is 1460. The normalized spacial score (nSPS) is 11.9. The molecule has 0 aliphatic carbocycles. The van der Waals surface area contributed by atoms with Crippen LogP contribution in [0, 0.1) is 0 Å². The number of nitrogens with one attached hydrogen (secondary N) is 2. The Morgan fingerprint density at radius 2 is 1.89 bits per heavy atom. The minimum Gasteiger partial charge on any atom is -0.377 e. The summed E-state index contributed by atoms with van der Waals surface area (Å²) >= 11 is 0. The van der Waals surface area contributed by atoms with Crippen molar-refractivity contribution in [3.8, 4) is 11.3 Å². The summed E-state index contributed by atoms with van der Waals surface area (Å²) in [5.74, 6) is 0.240. The van der Waals surface area contributed by atoms with Gasteiger partial charge in [-0.3, -0.25) is 9.36 Å². The molecule has 0 unspecified atom stereocenters. The Kier molecular flexibility index (Phi) is 7.27. The molecule has 35 heavy (non-hydrogen) atoms. The van der Waals surface area contributed by atoms with E-state index in [-0.39, 0.29) is 22.4 Å². The Balaban J connectivity index is 1.69. The van der Waals surface area contributed by atoms with Gasteiger partial charge in [0.25, 0.3) is 5.56 Å². The van der Waals surface area contributed by atoms with Crippen molar-refractivity contribution < 1.29 is 13.2 Å². The molecule has 0 fully saturated rings. The van der Waals surface area contributed by atoms with Crippen LogP contribution >= 0.6 is 0 Å². The van der Waals surface area contributed by atoms with Crippen LogP contribution in [0.3, 0.4) is 0 Å². The van der Waals surface area contributed by atoms with E-state index in [2.05, 4.69) is 20.3 Å². The molecule has 0 atom stereocenters. The highest BCUT2D eigenvalue weighted by atomic mass is 32.2. The second-order valence-corrected chi connectivity index (χ2v) is 10.4. The van der Waals surface area contributed by atoms with Crippen LogP contribution in [0.2, 0.25) is 0 Å². The second-order valence-electron chi connectivity index (χ2n) is 8.41. The highest BCUT2D eigenvalue weighted by Gasteiger charge is 2.14. The first-order chi connectivity index (χ1) is 16.7. The molecule has 0 aliphatic heterocycles. The largest absolute Gasteiger partial charge is 0.377 e. The van der Waals surface area contributed by atoms with Gasteiger partial charge in [-0.25, -0.2) is 23.4 Å². The lowest BCUT2D eigenvalue weighted by molar-refractivity contribution is 0.0728. The van der Waals surface area contributed by atoms with Gasteiger partial charge in [-0.1, -0.05) is 12.1 Å². The molecule has 0 spiro atoms. The third kappa shape index (κ3) is 5.92. The first kappa shape index (κ1) is 24.6. The first-order valence-corrected chi connectivity index (χ1v) is 13.2. The molecule has 184 valence electrons. The zero-order chi connectivity index (χ0) is 25.0. The molecule has 2 N–H and O–H groups in total. The van der Waals surface area contributed by atoms with Crippen LogP contribution in [-0.4, -0.2) is 58.4 Å². The second kappa shape index (κ2) is 10.4. The molecule has 10 nitrogen and oxygen atoms in total. The predicted octanol–water partition coefficient (Wildman–Crippen LogP) is 2.66. The molecule has 0 saturated heterocycles. The molecule has 0 aliphatic rings. The third-order valence-corrected chi connectivity index (χ3v) is 6.49. The van der Waals surface area contributed by atoms with E-state index in [1.54, 1.807) is 47.3 Å². The fourth-order valence-corrected chi connectivity index (χ4v) is 4.22. The average Bonchev–Trinajstić information content (AvgIpc) is 3.34. The number of sulfone groups is 1. The summed E-state index contributed by atoms with van der Waals surface area (Å²) in [6, 6.07) is 10.1. The van der Waals surface area contributed by atoms with E-state index in [4.69, 9.17) is 9.72 Å². The summed E-state index contributed by atoms with van der Waals surface area (Å²) in [6.07, 6.45) is 5.26. The van der Waals surface area contributed by atoms with Crippen LogP contribution in [0.5, 0.6) is 0 Å². The lowest BCUT2D eigenvalue weighted by Crippen LogP contribution is -2.28. The van der Waals surface area contributed by atoms with Gasteiger partial charge in [0.05, 0.1) is 41.9 Å². The van der Waals surface area contributed by atoms with E-state index in [1.165, 1.54) is 6.26 Å². The summed E-state index contributed by atoms with van der Waals surface area (Å²) in [4.78, 5) is 29.9. The number of benzene rings is 1. The van der Waals surface area contributed by atoms with Crippen LogP contribution in [0.25, 0.3) is 22.4 Å². The molecular formula is C24H28N6O4S. The van der Waals surface area contributed by atoms with Crippen molar-refractivity contribution in [3.63, 3.8) is 0 Å². The number of rotatable bonds is 10. The molecule has 0 amide bonds. The maximum atomic E-state index is 13.3. The van der Waals surface area contributed by atoms with Crippen molar-refractivity contribution in [2.24, 2.45) is 0 Å². The summed E-state index contributed by atoms with van der Waals surface area (Å²) in [6.45, 7) is 5.03. The number of anilines is 1. The summed E-state index contributed by atoms with van der Waals surface area (Å²) in [5, 5.41) is 3.13. The smallest absolute Gasteiger partial charge is 0.295 e. The highest BCUT2D eigenvalue weighted by molar-refractivity contribution is 7.90. The van der Waals surface area contributed by atoms with Gasteiger partial charge >= 0.3 is 0 Å². The number of pyridine rings is 1. The molecule has 0 saturated carbocycles. The van der Waals surface area contributed by atoms with Gasteiger partial charge in [0.15, 0.2) is 21.3 Å². The van der Waals surface area contributed by atoms with Gasteiger partial charge in [-0.2, -0.15) is 0 Å². The van der Waals surface area contributed by atoms with Crippen LogP contribution < -0.4 is 10.9 Å². The third-order valence-electron chi connectivity index (χ3n) is 5.36. The molecule has 1 aromatic carbocycles. The summed E-state index contributed by atoms with van der Waals surface area (Å²) in [5.41, 5.74) is 2.94. The molecule has 3 aromatic heterocycles. The van der Waals surface area contributed by atoms with Gasteiger partial charge in [0, 0.05) is 31.0 Å². The monoisotopic (exact) mass is 496 g/mol. The maximum absolute atomic E-state index is 13.3. The number of fused-ring (bicyclic) bond motifs is 1. The fraction of sp³-hybridized carbons (Fsp3) is 0.333. The number of nitrogens with zero attached hydrogens (tertiary/aromatic N) is 4. The number of aromatic amines is 1. The predicted molar refractivity (Wildman–Crippen MR) is 134 cm³/mol. The quantitative estimate of drug-likeness (QED) is 0.343. The van der Waals surface area contributed by atoms with Crippen LogP contribution in [-0.2, 0) is 27.5 Å². The van der Waals surface area contributed by atoms with Crippen molar-refractivity contribution in [1.82, 2.24) is 24.5 Å². The van der Waals surface area contributed by atoms with E-state index in [9.17, 15) is 13.2 Å². The lowest BCUT2D eigenvalue weighted by atomic mass is 10.1. The number of hydrogen-bond donors (Lipinski definition) is 2. The Morgan fingerprint density at radius 1 is 1.11 bits per heavy atom. The van der Waals surface area contributed by atoms with Crippen LogP contribution in [0.4, 0.5) is 5.82 Å². The van der Waals surface area contributed by atoms with Crippen LogP contribution in [0.15, 0.2) is 58.6 Å². The van der Waals surface area contributed by atoms with Gasteiger partial charge in [0.1, 0.15) is 5.52 Å². The molecular weight excluding hydrogens is 468 g/mol. The van der Waals surface area contributed by atoms with Crippen molar-refractivity contribution >= 4 is 26.8 Å². The van der Waals surface area contributed by atoms with E-state index >= 15 is 0 Å². The van der Waals surface area contributed by atoms with E-state index in [1.807, 2.05) is 20.0 Å². The zero-order valence-corrected chi connectivity index (χ0v) is 20.7. The van der Waals surface area contributed by atoms with Crippen molar-refractivity contribution in [1.29, 1.82) is 0 Å². The SMILES string of the molecule is CC(C)OCCn1c(=O)c(NCCc2c[nH]cn2)nc2ccc(-c3ccc(S(C)(=O)=O)cc3)nc21. The fourth-order valence-electron chi connectivity index (χ4n) is 3.59. The van der Waals surface area contributed by atoms with Crippen molar-refractivity contribution in [3.05, 3.63) is 65.0 Å². The number of H-pyrrole nitrogens is 1. The van der Waals surface area contributed by atoms with E-state index in [0.29, 0.717) is 43.0 Å². The minimum atomic E-state index is -3.30. The summed E-state index contributed by atoms with van der Waals surface area (Å²) in [7, 11) is -3.30. The average molecular weight is 497 g/mol. The lowest BCUT2D eigenvalue weighted by Gasteiger charge is -2.14. The molecule has 0 radical (unpaired) electrons. The number of hydrogen-bond acceptors (Lipinski definition) is 8. The number of aromatic nitrogens is 5. The minimum absolute atomic E-state index is 0.0297. The van der Waals surface area contributed by atoms with Crippen molar-refractivity contribution in [2.75, 3.05) is 24.7 Å². The Labute approximate surface area is 203 Å². The first-order valence-electron chi connectivity index (χ1n) is 11.3. The molecule has 4 rings (SSSR count). The van der Waals surface area contributed by atoms with E-state index in [0.717, 1.165) is 11.3 Å². The van der Waals surface area contributed by atoms with Gasteiger partial charge in [0.2, 0.25) is 0 Å². The zero-order valence-electron chi connectivity index (χ0n) is 19.9. The Hall–Kier alpha value is -3.57. The maximum Gasteiger partial charge on any atom is 0.295 e. The Morgan fingerprint density at radius 3 is 2.54 bits per heavy atom. The van der Waals surface area contributed by atoms with Crippen molar-refractivity contribution in [2.45, 2.75) is 37.8 Å². The molecule has 4 aromatic rings. The highest BCUT2D eigenvalue weighted by Crippen LogP contribution is 2.22. The van der Waals surface area contributed by atoms with Crippen LogP contribution in [0.1, 0.15) is 19.5 Å². The van der Waals surface area contributed by atoms with E-state index < -0.39 is 9.84 Å². The van der Waals surface area contributed by atoms with Gasteiger partial charge in [-0.15, -0.1) is 0 Å². The van der Waals surface area contributed by atoms with Gasteiger partial charge in [-0.05, 0) is 38.1 Å².